The summed E-state index contributed by atoms with van der Waals surface area (Å²) in [6.07, 6.45) is -12.2. The Balaban J connectivity index is 1.20. The summed E-state index contributed by atoms with van der Waals surface area (Å²) in [5, 5.41) is 0. The fraction of sp³-hybridized carbons (Fsp3) is 0.209. The van der Waals surface area contributed by atoms with Crippen molar-refractivity contribution in [2.75, 3.05) is 11.9 Å². The number of amides is 4. The van der Waals surface area contributed by atoms with E-state index in [0.29, 0.717) is 57.1 Å². The van der Waals surface area contributed by atoms with E-state index in [2.05, 4.69) is 0 Å². The van der Waals surface area contributed by atoms with Crippen LogP contribution in [0.4, 0.5) is 32.0 Å². The number of imide groups is 2. The first-order chi connectivity index (χ1) is 26.6. The number of nitrogens with zero attached hydrogens (tertiary/aromatic N) is 2. The van der Waals surface area contributed by atoms with Crippen molar-refractivity contribution in [2.24, 2.45) is 0 Å². The van der Waals surface area contributed by atoms with E-state index in [1.807, 2.05) is 58.0 Å². The molecule has 5 aromatic rings. The normalized spacial score (nSPS) is 14.6. The molecule has 5 aromatic carbocycles. The summed E-state index contributed by atoms with van der Waals surface area (Å²) in [4.78, 5) is 53.4. The lowest BCUT2D eigenvalue weighted by Gasteiger charge is -2.38. The van der Waals surface area contributed by atoms with Crippen LogP contribution in [0.3, 0.4) is 0 Å². The van der Waals surface area contributed by atoms with Crippen molar-refractivity contribution >= 4 is 29.3 Å². The van der Waals surface area contributed by atoms with Gasteiger partial charge in [0.15, 0.2) is 0 Å². The quantitative estimate of drug-likeness (QED) is 0.120. The molecule has 4 amide bonds. The third-order valence-corrected chi connectivity index (χ3v) is 10.0. The second-order valence-electron chi connectivity index (χ2n) is 14.8. The minimum Gasteiger partial charge on any atom is -0.457 e. The number of carbonyl (C=O) groups excluding carboxylic acids is 4. The Morgan fingerprint density at radius 2 is 0.965 bits per heavy atom. The molecule has 292 valence electrons. The maximum Gasteiger partial charge on any atom is 0.411 e. The number of hydrogen-bond donors (Lipinski definition) is 0. The first-order valence-corrected chi connectivity index (χ1v) is 17.4. The number of rotatable bonds is 7. The smallest absolute Gasteiger partial charge is 0.411 e. The average Bonchev–Trinajstić information content (AvgIpc) is 3.51. The molecule has 0 radical (unpaired) electrons. The monoisotopic (exact) mass is 786 g/mol. The third-order valence-electron chi connectivity index (χ3n) is 10.0. The fourth-order valence-electron chi connectivity index (χ4n) is 7.07. The summed E-state index contributed by atoms with van der Waals surface area (Å²) in [6, 6.07) is 21.8. The van der Waals surface area contributed by atoms with Crippen molar-refractivity contribution in [3.05, 3.63) is 148 Å². The van der Waals surface area contributed by atoms with E-state index in [9.17, 15) is 19.2 Å². The second kappa shape index (κ2) is 13.4. The van der Waals surface area contributed by atoms with E-state index in [0.717, 1.165) is 30.3 Å². The van der Waals surface area contributed by atoms with Gasteiger partial charge in [-0.1, -0.05) is 50.6 Å². The molecule has 8 nitrogen and oxygen atoms in total. The molecule has 0 unspecified atom stereocenters. The highest BCUT2D eigenvalue weighted by molar-refractivity contribution is 6.34. The van der Waals surface area contributed by atoms with Gasteiger partial charge in [-0.05, 0) is 102 Å². The summed E-state index contributed by atoms with van der Waals surface area (Å²) in [7, 11) is 1.05. The van der Waals surface area contributed by atoms with Gasteiger partial charge in [-0.15, -0.1) is 0 Å². The van der Waals surface area contributed by atoms with Gasteiger partial charge in [-0.3, -0.25) is 24.1 Å². The second-order valence-corrected chi connectivity index (χ2v) is 14.8. The highest BCUT2D eigenvalue weighted by Crippen LogP contribution is 2.57. The van der Waals surface area contributed by atoms with Crippen LogP contribution in [0.2, 0.25) is 0 Å². The van der Waals surface area contributed by atoms with Crippen molar-refractivity contribution in [2.45, 2.75) is 50.9 Å². The molecular weight excluding hydrogens is 754 g/mol. The molecule has 0 N–H and O–H groups in total. The van der Waals surface area contributed by atoms with Crippen molar-refractivity contribution in [1.82, 2.24) is 4.90 Å². The minimum absolute atomic E-state index is 0.0168. The zero-order valence-corrected chi connectivity index (χ0v) is 30.9. The average molecular weight is 787 g/mol. The highest BCUT2D eigenvalue weighted by atomic mass is 19.4. The van der Waals surface area contributed by atoms with Crippen molar-refractivity contribution in [3.8, 4) is 23.0 Å². The van der Waals surface area contributed by atoms with Gasteiger partial charge in [0, 0.05) is 12.6 Å². The number of anilines is 1. The number of alkyl halides is 6. The Hall–Kier alpha value is -6.44. The van der Waals surface area contributed by atoms with Crippen LogP contribution in [0.15, 0.2) is 103 Å². The Labute approximate surface area is 322 Å². The number of benzene rings is 5. The summed E-state index contributed by atoms with van der Waals surface area (Å²) in [6.45, 7) is 7.93. The van der Waals surface area contributed by atoms with Crippen molar-refractivity contribution < 1.29 is 55.0 Å². The molecule has 0 spiro atoms. The Kier molecular flexibility index (Phi) is 9.09. The number of hydrogen-bond acceptors (Lipinski definition) is 6. The van der Waals surface area contributed by atoms with Gasteiger partial charge in [0.2, 0.25) is 5.41 Å². The zero-order chi connectivity index (χ0) is 41.4. The summed E-state index contributed by atoms with van der Waals surface area (Å²) in [5.74, 6) is -2.07. The summed E-state index contributed by atoms with van der Waals surface area (Å²) in [5.41, 5.74) is -8.21. The lowest BCUT2D eigenvalue weighted by atomic mass is 9.71. The maximum atomic E-state index is 15.1. The lowest BCUT2D eigenvalue weighted by Crippen LogP contribution is -2.55. The van der Waals surface area contributed by atoms with E-state index in [1.165, 1.54) is 24.3 Å². The first kappa shape index (κ1) is 38.8. The largest absolute Gasteiger partial charge is 0.457 e. The predicted octanol–water partition coefficient (Wildman–Crippen LogP) is 10.3. The van der Waals surface area contributed by atoms with E-state index < -0.39 is 74.6 Å². The SMILES string of the molecule is Cc1ccc(Oc2ccc(Oc3ccc(N4C(=O)c5ccc(C(c6ccc7c(c6)C(=O)N(C)C7=O)(C(F)(F)F)C(F)(F)F)cc5C4=O)cc3)c(C(C)(C)C)c2)cc1. The number of ether oxygens (including phenoxy) is 2. The van der Waals surface area contributed by atoms with Crippen LogP contribution in [0.1, 0.15) is 84.5 Å². The van der Waals surface area contributed by atoms with Crippen LogP contribution < -0.4 is 14.4 Å². The molecule has 0 fully saturated rings. The highest BCUT2D eigenvalue weighted by Gasteiger charge is 2.73. The van der Waals surface area contributed by atoms with Gasteiger partial charge < -0.3 is 9.47 Å². The lowest BCUT2D eigenvalue weighted by molar-refractivity contribution is -0.288. The molecule has 2 aliphatic rings. The molecule has 0 saturated carbocycles. The number of fused-ring (bicyclic) bond motifs is 2. The van der Waals surface area contributed by atoms with Crippen LogP contribution in [0.5, 0.6) is 23.0 Å². The standard InChI is InChI=1S/C43H32F6N2O6/c1-23-6-12-27(13-7-23)56-29-16-19-35(34(22-29)40(2,3)4)57-28-14-10-26(11-15-28)51-38(54)31-18-9-25(21-33(31)39(51)55)41(42(44,45)46,43(47,48)49)24-8-17-30-32(20-24)37(53)50(5)36(30)52/h6-22H,1-5H3. The number of halogens is 6. The molecule has 0 aromatic heterocycles. The molecular formula is C43H32F6N2O6. The molecule has 2 aliphatic heterocycles. The molecule has 0 atom stereocenters. The Morgan fingerprint density at radius 3 is 1.51 bits per heavy atom. The summed E-state index contributed by atoms with van der Waals surface area (Å²) < 4.78 is 103. The van der Waals surface area contributed by atoms with Gasteiger partial charge >= 0.3 is 12.4 Å². The number of carbonyl (C=O) groups is 4. The predicted molar refractivity (Wildman–Crippen MR) is 196 cm³/mol. The molecule has 2 heterocycles. The van der Waals surface area contributed by atoms with Gasteiger partial charge in [0.1, 0.15) is 23.0 Å². The van der Waals surface area contributed by atoms with Crippen molar-refractivity contribution in [1.29, 1.82) is 0 Å². The maximum absolute atomic E-state index is 15.1. The van der Waals surface area contributed by atoms with Crippen LogP contribution in [-0.4, -0.2) is 47.9 Å². The topological polar surface area (TPSA) is 93.2 Å². The van der Waals surface area contributed by atoms with Gasteiger partial charge in [0.05, 0.1) is 27.9 Å². The third kappa shape index (κ3) is 6.38. The van der Waals surface area contributed by atoms with Gasteiger partial charge in [-0.2, -0.15) is 26.3 Å². The van der Waals surface area contributed by atoms with Crippen molar-refractivity contribution in [3.63, 3.8) is 0 Å². The molecule has 0 bridgehead atoms. The number of aryl methyl sites for hydroxylation is 1. The van der Waals surface area contributed by atoms with Crippen LogP contribution in [0, 0.1) is 6.92 Å². The van der Waals surface area contributed by atoms with E-state index in [-0.39, 0.29) is 11.3 Å². The van der Waals surface area contributed by atoms with Gasteiger partial charge in [-0.25, -0.2) is 4.90 Å². The van der Waals surface area contributed by atoms with E-state index in [1.54, 1.807) is 12.1 Å². The molecule has 0 aliphatic carbocycles. The molecule has 14 heteroatoms. The first-order valence-electron chi connectivity index (χ1n) is 17.4. The fourth-order valence-corrected chi connectivity index (χ4v) is 7.07. The molecule has 7 rings (SSSR count). The van der Waals surface area contributed by atoms with Crippen LogP contribution in [0.25, 0.3) is 0 Å². The van der Waals surface area contributed by atoms with E-state index >= 15 is 26.3 Å². The van der Waals surface area contributed by atoms with Crippen LogP contribution in [-0.2, 0) is 10.8 Å². The Morgan fingerprint density at radius 1 is 0.509 bits per heavy atom. The van der Waals surface area contributed by atoms with E-state index in [4.69, 9.17) is 9.47 Å². The van der Waals surface area contributed by atoms with Crippen LogP contribution >= 0.6 is 0 Å². The van der Waals surface area contributed by atoms with Gasteiger partial charge in [0.25, 0.3) is 23.6 Å². The zero-order valence-electron chi connectivity index (χ0n) is 30.9. The Bertz CT molecular complexity index is 2470. The molecule has 57 heavy (non-hydrogen) atoms. The molecule has 0 saturated heterocycles. The summed E-state index contributed by atoms with van der Waals surface area (Å²) >= 11 is 0. The minimum atomic E-state index is -6.08.